The van der Waals surface area contributed by atoms with Crippen LogP contribution in [0.3, 0.4) is 0 Å². The molecule has 4 nitrogen and oxygen atoms in total. The highest BCUT2D eigenvalue weighted by molar-refractivity contribution is 6.42. The molecule has 0 aliphatic rings. The van der Waals surface area contributed by atoms with Gasteiger partial charge in [-0.1, -0.05) is 23.2 Å². The first-order chi connectivity index (χ1) is 6.56. The summed E-state index contributed by atoms with van der Waals surface area (Å²) in [5.41, 5.74) is 6.28. The number of guanidine groups is 1. The first-order valence-corrected chi connectivity index (χ1v) is 4.54. The molecule has 6 heteroatoms. The van der Waals surface area contributed by atoms with E-state index >= 15 is 0 Å². The van der Waals surface area contributed by atoms with Crippen LogP contribution in [0, 0.1) is 0 Å². The van der Waals surface area contributed by atoms with Gasteiger partial charge >= 0.3 is 0 Å². The van der Waals surface area contributed by atoms with Crippen molar-refractivity contribution in [1.82, 2.24) is 0 Å². The first-order valence-electron chi connectivity index (χ1n) is 3.78. The summed E-state index contributed by atoms with van der Waals surface area (Å²) in [6, 6.07) is 5.13. The molecule has 0 amide bonds. The average molecular weight is 233 g/mol. The number of hydrazone groups is 1. The number of hydrogen-bond donors (Lipinski definition) is 2. The Kier molecular flexibility index (Phi) is 3.43. The minimum Gasteiger partial charge on any atom is -0.368 e. The summed E-state index contributed by atoms with van der Waals surface area (Å²) in [7, 11) is 1.73. The van der Waals surface area contributed by atoms with Crippen molar-refractivity contribution in [3.05, 3.63) is 28.2 Å². The molecule has 0 aliphatic heterocycles. The van der Waals surface area contributed by atoms with Crippen LogP contribution in [0.1, 0.15) is 0 Å². The van der Waals surface area contributed by atoms with Gasteiger partial charge < -0.3 is 16.5 Å². The Labute approximate surface area is 92.1 Å². The molecule has 4 N–H and O–H groups in total. The number of nitrogens with two attached hydrogens (primary N) is 2. The van der Waals surface area contributed by atoms with Gasteiger partial charge in [0.15, 0.2) is 0 Å². The summed E-state index contributed by atoms with van der Waals surface area (Å²) in [6.45, 7) is 0. The van der Waals surface area contributed by atoms with E-state index in [1.54, 1.807) is 30.1 Å². The van der Waals surface area contributed by atoms with Crippen LogP contribution in [0.4, 0.5) is 5.69 Å². The van der Waals surface area contributed by atoms with Gasteiger partial charge in [-0.15, -0.1) is 5.10 Å². The lowest BCUT2D eigenvalue weighted by molar-refractivity contribution is 1.14. The molecule has 1 aromatic carbocycles. The van der Waals surface area contributed by atoms with Crippen molar-refractivity contribution < 1.29 is 0 Å². The fourth-order valence-electron chi connectivity index (χ4n) is 0.913. The monoisotopic (exact) mass is 232 g/mol. The van der Waals surface area contributed by atoms with Crippen molar-refractivity contribution in [2.45, 2.75) is 0 Å². The van der Waals surface area contributed by atoms with Crippen LogP contribution in [0.25, 0.3) is 0 Å². The average Bonchev–Trinajstić information content (AvgIpc) is 2.20. The standard InChI is InChI=1S/C8H10Cl2N4/c1-14(8(11)13-12)5-2-3-6(9)7(10)4-5/h2-4H,12H2,1H3,(H2,11,13). The predicted molar refractivity (Wildman–Crippen MR) is 60.7 cm³/mol. The predicted octanol–water partition coefficient (Wildman–Crippen LogP) is 1.62. The third kappa shape index (κ3) is 2.21. The van der Waals surface area contributed by atoms with E-state index in [-0.39, 0.29) is 5.96 Å². The van der Waals surface area contributed by atoms with E-state index in [4.69, 9.17) is 34.8 Å². The Balaban J connectivity index is 3.03. The number of benzene rings is 1. The van der Waals surface area contributed by atoms with Gasteiger partial charge in [-0.05, 0) is 18.2 Å². The van der Waals surface area contributed by atoms with Gasteiger partial charge in [0.1, 0.15) is 0 Å². The fraction of sp³-hybridized carbons (Fsp3) is 0.125. The summed E-state index contributed by atoms with van der Waals surface area (Å²) in [6.07, 6.45) is 0. The van der Waals surface area contributed by atoms with E-state index in [9.17, 15) is 0 Å². The van der Waals surface area contributed by atoms with E-state index in [0.29, 0.717) is 10.0 Å². The normalized spacial score (nSPS) is 11.5. The maximum Gasteiger partial charge on any atom is 0.217 e. The highest BCUT2D eigenvalue weighted by Crippen LogP contribution is 2.26. The molecular formula is C8H10Cl2N4. The number of halogens is 2. The zero-order valence-electron chi connectivity index (χ0n) is 7.54. The van der Waals surface area contributed by atoms with Gasteiger partial charge in [-0.25, -0.2) is 0 Å². The molecule has 0 heterocycles. The molecule has 14 heavy (non-hydrogen) atoms. The molecule has 1 rings (SSSR count). The first kappa shape index (κ1) is 10.9. The molecule has 0 fully saturated rings. The zero-order valence-corrected chi connectivity index (χ0v) is 9.05. The summed E-state index contributed by atoms with van der Waals surface area (Å²) >= 11 is 11.6. The van der Waals surface area contributed by atoms with Gasteiger partial charge in [-0.2, -0.15) is 0 Å². The van der Waals surface area contributed by atoms with Crippen molar-refractivity contribution in [1.29, 1.82) is 0 Å². The molecule has 0 unspecified atom stereocenters. The SMILES string of the molecule is CN(/C(N)=N/N)c1ccc(Cl)c(Cl)c1. The molecule has 0 radical (unpaired) electrons. The van der Waals surface area contributed by atoms with E-state index in [0.717, 1.165) is 5.69 Å². The van der Waals surface area contributed by atoms with Crippen molar-refractivity contribution in [3.8, 4) is 0 Å². The third-order valence-electron chi connectivity index (χ3n) is 1.77. The lowest BCUT2D eigenvalue weighted by Gasteiger charge is -2.17. The van der Waals surface area contributed by atoms with Crippen LogP contribution in [0.15, 0.2) is 23.3 Å². The van der Waals surface area contributed by atoms with E-state index in [1.807, 2.05) is 0 Å². The largest absolute Gasteiger partial charge is 0.368 e. The minimum absolute atomic E-state index is 0.198. The van der Waals surface area contributed by atoms with Crippen LogP contribution >= 0.6 is 23.2 Å². The smallest absolute Gasteiger partial charge is 0.217 e. The van der Waals surface area contributed by atoms with Gasteiger partial charge in [0, 0.05) is 12.7 Å². The second kappa shape index (κ2) is 4.39. The van der Waals surface area contributed by atoms with Crippen LogP contribution in [-0.2, 0) is 0 Å². The number of nitrogens with zero attached hydrogens (tertiary/aromatic N) is 2. The summed E-state index contributed by atoms with van der Waals surface area (Å²) in [5, 5.41) is 4.31. The Morgan fingerprint density at radius 1 is 1.36 bits per heavy atom. The highest BCUT2D eigenvalue weighted by atomic mass is 35.5. The van der Waals surface area contributed by atoms with Crippen LogP contribution in [0.5, 0.6) is 0 Å². The fourth-order valence-corrected chi connectivity index (χ4v) is 1.20. The topological polar surface area (TPSA) is 67.6 Å². The molecule has 0 spiro atoms. The third-order valence-corrected chi connectivity index (χ3v) is 2.51. The minimum atomic E-state index is 0.198. The van der Waals surface area contributed by atoms with Gasteiger partial charge in [-0.3, -0.25) is 0 Å². The summed E-state index contributed by atoms with van der Waals surface area (Å²) in [4.78, 5) is 1.60. The molecule has 76 valence electrons. The van der Waals surface area contributed by atoms with Gasteiger partial charge in [0.25, 0.3) is 0 Å². The van der Waals surface area contributed by atoms with Crippen molar-refractivity contribution in [2.24, 2.45) is 16.7 Å². The molecule has 1 aromatic rings. The molecule has 0 bridgehead atoms. The second-order valence-electron chi connectivity index (χ2n) is 2.64. The summed E-state index contributed by atoms with van der Waals surface area (Å²) in [5.74, 6) is 5.24. The van der Waals surface area contributed by atoms with E-state index in [2.05, 4.69) is 5.10 Å². The Morgan fingerprint density at radius 2 is 2.00 bits per heavy atom. The van der Waals surface area contributed by atoms with Crippen molar-refractivity contribution >= 4 is 34.8 Å². The second-order valence-corrected chi connectivity index (χ2v) is 3.46. The summed E-state index contributed by atoms with van der Waals surface area (Å²) < 4.78 is 0. The lowest BCUT2D eigenvalue weighted by Crippen LogP contribution is -2.34. The van der Waals surface area contributed by atoms with E-state index < -0.39 is 0 Å². The maximum absolute atomic E-state index is 5.84. The van der Waals surface area contributed by atoms with Crippen LogP contribution in [0.2, 0.25) is 10.0 Å². The van der Waals surface area contributed by atoms with Crippen LogP contribution < -0.4 is 16.5 Å². The molecule has 0 aromatic heterocycles. The quantitative estimate of drug-likeness (QED) is 0.335. The molecule has 0 atom stereocenters. The molecular weight excluding hydrogens is 223 g/mol. The Hall–Kier alpha value is -1.13. The zero-order chi connectivity index (χ0) is 10.7. The number of rotatable bonds is 1. The maximum atomic E-state index is 5.84. The van der Waals surface area contributed by atoms with Gasteiger partial charge in [0.2, 0.25) is 5.96 Å². The highest BCUT2D eigenvalue weighted by Gasteiger charge is 2.06. The number of hydrogen-bond acceptors (Lipinski definition) is 2. The number of anilines is 1. The Morgan fingerprint density at radius 3 is 2.50 bits per heavy atom. The van der Waals surface area contributed by atoms with Crippen LogP contribution in [-0.4, -0.2) is 13.0 Å². The van der Waals surface area contributed by atoms with Gasteiger partial charge in [0.05, 0.1) is 10.0 Å². The van der Waals surface area contributed by atoms with Crippen molar-refractivity contribution in [3.63, 3.8) is 0 Å². The lowest BCUT2D eigenvalue weighted by atomic mass is 10.3. The molecule has 0 saturated heterocycles. The Bertz CT molecular complexity index is 364. The molecule has 0 aliphatic carbocycles. The van der Waals surface area contributed by atoms with Crippen molar-refractivity contribution in [2.75, 3.05) is 11.9 Å². The molecule has 0 saturated carbocycles. The van der Waals surface area contributed by atoms with E-state index in [1.165, 1.54) is 0 Å².